The summed E-state index contributed by atoms with van der Waals surface area (Å²) in [4.78, 5) is 0. The van der Waals surface area contributed by atoms with E-state index in [1.54, 1.807) is 0 Å². The minimum Gasteiger partial charge on any atom is -0.394 e. The van der Waals surface area contributed by atoms with Crippen molar-refractivity contribution in [3.63, 3.8) is 0 Å². The summed E-state index contributed by atoms with van der Waals surface area (Å²) >= 11 is 0. The van der Waals surface area contributed by atoms with Crippen molar-refractivity contribution in [2.45, 2.75) is 24.4 Å². The molecule has 10 heavy (non-hydrogen) atoms. The number of ether oxygens (including phenoxy) is 1. The summed E-state index contributed by atoms with van der Waals surface area (Å²) in [6.45, 7) is -0.407. The minimum atomic E-state index is -1.59. The summed E-state index contributed by atoms with van der Waals surface area (Å²) in [6.07, 6.45) is -3.75. The van der Waals surface area contributed by atoms with Gasteiger partial charge in [0.25, 0.3) is 0 Å². The first-order valence-electron chi connectivity index (χ1n) is 3.01. The normalized spacial score (nSPS) is 47.9. The summed E-state index contributed by atoms with van der Waals surface area (Å²) < 4.78 is 17.2. The average Bonchev–Trinajstić information content (AvgIpc) is 2.17. The predicted molar refractivity (Wildman–Crippen MR) is 32.4 cm³/mol. The lowest BCUT2D eigenvalue weighted by Gasteiger charge is -2.09. The molecule has 1 aliphatic heterocycles. The summed E-state index contributed by atoms with van der Waals surface area (Å²) in [5.41, 5.74) is 0. The van der Waals surface area contributed by atoms with Crippen LogP contribution in [0.4, 0.5) is 4.39 Å². The molecule has 2 radical (unpaired) electrons. The number of aliphatic hydroxyl groups excluding tert-OH is 2. The molecule has 1 saturated heterocycles. The molecule has 0 aromatic heterocycles. The first-order chi connectivity index (χ1) is 4.66. The Bertz CT molecular complexity index is 123. The van der Waals surface area contributed by atoms with E-state index >= 15 is 0 Å². The lowest BCUT2D eigenvalue weighted by atomic mass is 9.94. The second-order valence-corrected chi connectivity index (χ2v) is 2.26. The molecule has 0 aromatic carbocycles. The van der Waals surface area contributed by atoms with Crippen LogP contribution < -0.4 is 0 Å². The van der Waals surface area contributed by atoms with Gasteiger partial charge in [0, 0.05) is 0 Å². The third-order valence-electron chi connectivity index (χ3n) is 1.53. The Balaban J connectivity index is 2.53. The number of hydrogen-bond acceptors (Lipinski definition) is 3. The first-order valence-corrected chi connectivity index (χ1v) is 3.01. The van der Waals surface area contributed by atoms with Crippen molar-refractivity contribution in [2.24, 2.45) is 0 Å². The maximum absolute atomic E-state index is 12.5. The van der Waals surface area contributed by atoms with E-state index in [0.717, 1.165) is 0 Å². The zero-order valence-corrected chi connectivity index (χ0v) is 5.27. The molecule has 1 fully saturated rings. The largest absolute Gasteiger partial charge is 0.394 e. The second kappa shape index (κ2) is 2.86. The number of halogens is 1. The van der Waals surface area contributed by atoms with Crippen LogP contribution >= 0.6 is 0 Å². The van der Waals surface area contributed by atoms with E-state index < -0.39 is 31.0 Å². The van der Waals surface area contributed by atoms with Gasteiger partial charge >= 0.3 is 0 Å². The molecule has 4 atom stereocenters. The van der Waals surface area contributed by atoms with Crippen LogP contribution in [-0.4, -0.2) is 49.0 Å². The van der Waals surface area contributed by atoms with Gasteiger partial charge in [-0.05, 0) is 0 Å². The molecule has 1 unspecified atom stereocenters. The maximum atomic E-state index is 12.5. The quantitative estimate of drug-likeness (QED) is 0.446. The third kappa shape index (κ3) is 1.16. The Morgan fingerprint density at radius 1 is 1.60 bits per heavy atom. The Morgan fingerprint density at radius 3 is 2.40 bits per heavy atom. The lowest BCUT2D eigenvalue weighted by molar-refractivity contribution is -0.00566. The minimum absolute atomic E-state index is 0.407. The van der Waals surface area contributed by atoms with E-state index in [1.165, 1.54) is 0 Å². The Morgan fingerprint density at radius 2 is 2.20 bits per heavy atom. The van der Waals surface area contributed by atoms with Crippen LogP contribution in [0.1, 0.15) is 0 Å². The summed E-state index contributed by atoms with van der Waals surface area (Å²) in [5, 5.41) is 17.4. The molecule has 3 nitrogen and oxygen atoms in total. The monoisotopic (exact) mass is 146 g/mol. The molecule has 0 bridgehead atoms. The average molecular weight is 146 g/mol. The van der Waals surface area contributed by atoms with Crippen molar-refractivity contribution < 1.29 is 19.3 Å². The van der Waals surface area contributed by atoms with Gasteiger partial charge in [-0.1, -0.05) is 0 Å². The van der Waals surface area contributed by atoms with Crippen molar-refractivity contribution in [3.05, 3.63) is 0 Å². The van der Waals surface area contributed by atoms with Crippen molar-refractivity contribution in [1.82, 2.24) is 0 Å². The zero-order valence-electron chi connectivity index (χ0n) is 5.27. The van der Waals surface area contributed by atoms with Crippen LogP contribution in [-0.2, 0) is 4.74 Å². The fourth-order valence-electron chi connectivity index (χ4n) is 0.908. The highest BCUT2D eigenvalue weighted by Crippen LogP contribution is 2.21. The molecular weight excluding hydrogens is 138 g/mol. The highest BCUT2D eigenvalue weighted by atomic mass is 19.1. The van der Waals surface area contributed by atoms with Crippen molar-refractivity contribution >= 4 is 7.85 Å². The van der Waals surface area contributed by atoms with E-state index in [9.17, 15) is 4.39 Å². The van der Waals surface area contributed by atoms with Crippen molar-refractivity contribution in [3.8, 4) is 0 Å². The van der Waals surface area contributed by atoms with Gasteiger partial charge in [-0.2, -0.15) is 0 Å². The molecule has 1 rings (SSSR count). The molecular formula is C5H8BFO3. The van der Waals surface area contributed by atoms with Gasteiger partial charge in [0.05, 0.1) is 12.6 Å². The lowest BCUT2D eigenvalue weighted by Crippen LogP contribution is -2.30. The molecule has 0 saturated carbocycles. The van der Waals surface area contributed by atoms with Gasteiger partial charge in [-0.15, -0.1) is 0 Å². The van der Waals surface area contributed by atoms with Gasteiger partial charge in [-0.3, -0.25) is 0 Å². The Kier molecular flexibility index (Phi) is 2.28. The molecule has 1 aliphatic rings. The maximum Gasteiger partial charge on any atom is 0.146 e. The van der Waals surface area contributed by atoms with Gasteiger partial charge in [0.1, 0.15) is 26.2 Å². The number of hydrogen-bond donors (Lipinski definition) is 2. The van der Waals surface area contributed by atoms with E-state index in [-0.39, 0.29) is 0 Å². The Hall–Kier alpha value is -0.125. The Labute approximate surface area is 59.2 Å². The topological polar surface area (TPSA) is 49.7 Å². The van der Waals surface area contributed by atoms with Crippen molar-refractivity contribution in [2.75, 3.05) is 6.61 Å². The molecule has 1 heterocycles. The summed E-state index contributed by atoms with van der Waals surface area (Å²) in [6, 6.07) is -1.10. The van der Waals surface area contributed by atoms with Crippen LogP contribution in [0.15, 0.2) is 0 Å². The number of rotatable bonds is 1. The standard InChI is InChI=1S/C5H8BFO3/c6-5-3(7)4(9)2(1-8)10-5/h2-5,8-9H,1H2/t2-,3?,4+,5-/m0/s1. The molecule has 0 amide bonds. The highest BCUT2D eigenvalue weighted by molar-refractivity contribution is 6.11. The third-order valence-corrected chi connectivity index (χ3v) is 1.53. The summed E-state index contributed by atoms with van der Waals surface area (Å²) in [7, 11) is 5.07. The molecule has 0 spiro atoms. The van der Waals surface area contributed by atoms with Gasteiger partial charge in [0.15, 0.2) is 0 Å². The van der Waals surface area contributed by atoms with Crippen molar-refractivity contribution in [1.29, 1.82) is 0 Å². The molecule has 2 N–H and O–H groups in total. The summed E-state index contributed by atoms with van der Waals surface area (Å²) in [5.74, 6) is 0. The SMILES string of the molecule is [B][C@H]1O[C@@H](CO)[C@@H](O)C1F. The number of alkyl halides is 1. The van der Waals surface area contributed by atoms with Crippen LogP contribution in [0.2, 0.25) is 0 Å². The van der Waals surface area contributed by atoms with Crippen LogP contribution in [0.25, 0.3) is 0 Å². The van der Waals surface area contributed by atoms with Crippen LogP contribution in [0.5, 0.6) is 0 Å². The van der Waals surface area contributed by atoms with Gasteiger partial charge in [-0.25, -0.2) is 4.39 Å². The number of aliphatic hydroxyl groups is 2. The van der Waals surface area contributed by atoms with Gasteiger partial charge < -0.3 is 14.9 Å². The second-order valence-electron chi connectivity index (χ2n) is 2.26. The molecule has 0 aromatic rings. The first kappa shape index (κ1) is 7.98. The van der Waals surface area contributed by atoms with Crippen LogP contribution in [0, 0.1) is 0 Å². The molecule has 5 heteroatoms. The van der Waals surface area contributed by atoms with E-state index in [1.807, 2.05) is 0 Å². The van der Waals surface area contributed by atoms with E-state index in [2.05, 4.69) is 4.74 Å². The fourth-order valence-corrected chi connectivity index (χ4v) is 0.908. The molecule has 56 valence electrons. The molecule has 0 aliphatic carbocycles. The van der Waals surface area contributed by atoms with Gasteiger partial charge in [0.2, 0.25) is 0 Å². The smallest absolute Gasteiger partial charge is 0.146 e. The van der Waals surface area contributed by atoms with Crippen LogP contribution in [0.3, 0.4) is 0 Å². The highest BCUT2D eigenvalue weighted by Gasteiger charge is 2.40. The van der Waals surface area contributed by atoms with E-state index in [0.29, 0.717) is 0 Å². The fraction of sp³-hybridized carbons (Fsp3) is 1.00. The zero-order chi connectivity index (χ0) is 7.72. The van der Waals surface area contributed by atoms with E-state index in [4.69, 9.17) is 18.1 Å². The predicted octanol–water partition coefficient (Wildman–Crippen LogP) is -1.43.